The first-order valence-electron chi connectivity index (χ1n) is 9.86. The van der Waals surface area contributed by atoms with E-state index in [1.165, 1.54) is 24.3 Å². The Morgan fingerprint density at radius 3 is 2.17 bits per heavy atom. The van der Waals surface area contributed by atoms with Crippen LogP contribution in [0.25, 0.3) is 0 Å². The fourth-order valence-corrected chi connectivity index (χ4v) is 3.74. The van der Waals surface area contributed by atoms with E-state index in [1.807, 2.05) is 10.2 Å². The SMILES string of the molecule is CC(C)CCN1CCN(CN2C(=O)NC(c3ccccc3)(C(F)(F)F)C2=O)CC1. The Kier molecular flexibility index (Phi) is 6.19. The molecule has 2 aliphatic rings. The van der Waals surface area contributed by atoms with Crippen LogP contribution < -0.4 is 5.32 Å². The predicted octanol–water partition coefficient (Wildman–Crippen LogP) is 2.62. The highest BCUT2D eigenvalue weighted by Gasteiger charge is 2.68. The summed E-state index contributed by atoms with van der Waals surface area (Å²) in [5, 5.41) is 1.93. The monoisotopic (exact) mass is 412 g/mol. The van der Waals surface area contributed by atoms with Gasteiger partial charge >= 0.3 is 12.2 Å². The molecule has 0 bridgehead atoms. The van der Waals surface area contributed by atoms with Crippen molar-refractivity contribution in [1.29, 1.82) is 0 Å². The number of urea groups is 1. The average molecular weight is 412 g/mol. The summed E-state index contributed by atoms with van der Waals surface area (Å²) in [6.07, 6.45) is -3.87. The van der Waals surface area contributed by atoms with Crippen LogP contribution in [0.3, 0.4) is 0 Å². The summed E-state index contributed by atoms with van der Waals surface area (Å²) in [7, 11) is 0. The number of hydrogen-bond donors (Lipinski definition) is 1. The van der Waals surface area contributed by atoms with Crippen LogP contribution in [0.4, 0.5) is 18.0 Å². The number of hydrogen-bond acceptors (Lipinski definition) is 4. The summed E-state index contributed by atoms with van der Waals surface area (Å²) in [6.45, 7) is 7.87. The molecule has 0 aliphatic carbocycles. The number of imide groups is 1. The lowest BCUT2D eigenvalue weighted by Crippen LogP contribution is -2.56. The number of piperazine rings is 1. The van der Waals surface area contributed by atoms with E-state index in [4.69, 9.17) is 0 Å². The first-order valence-corrected chi connectivity index (χ1v) is 9.86. The summed E-state index contributed by atoms with van der Waals surface area (Å²) in [5.41, 5.74) is -3.32. The molecule has 3 amide bonds. The maximum Gasteiger partial charge on any atom is 0.425 e. The van der Waals surface area contributed by atoms with Gasteiger partial charge in [-0.15, -0.1) is 0 Å². The minimum absolute atomic E-state index is 0.145. The van der Waals surface area contributed by atoms with E-state index in [2.05, 4.69) is 18.7 Å². The van der Waals surface area contributed by atoms with Gasteiger partial charge in [0.2, 0.25) is 5.54 Å². The van der Waals surface area contributed by atoms with Crippen molar-refractivity contribution in [3.63, 3.8) is 0 Å². The third kappa shape index (κ3) is 4.25. The molecule has 2 fully saturated rings. The second-order valence-corrected chi connectivity index (χ2v) is 8.06. The van der Waals surface area contributed by atoms with Crippen LogP contribution >= 0.6 is 0 Å². The second-order valence-electron chi connectivity index (χ2n) is 8.06. The number of amides is 3. The highest BCUT2D eigenvalue weighted by atomic mass is 19.4. The minimum Gasteiger partial charge on any atom is -0.312 e. The van der Waals surface area contributed by atoms with Gasteiger partial charge in [0.05, 0.1) is 6.67 Å². The van der Waals surface area contributed by atoms with E-state index in [9.17, 15) is 22.8 Å². The molecule has 9 heteroatoms. The molecule has 0 radical (unpaired) electrons. The molecule has 6 nitrogen and oxygen atoms in total. The number of benzene rings is 1. The fraction of sp³-hybridized carbons (Fsp3) is 0.600. The van der Waals surface area contributed by atoms with Crippen LogP contribution in [0.15, 0.2) is 30.3 Å². The molecule has 2 saturated heterocycles. The number of halogens is 3. The lowest BCUT2D eigenvalue weighted by atomic mass is 9.89. The lowest BCUT2D eigenvalue weighted by Gasteiger charge is -2.36. The Balaban J connectivity index is 1.71. The Morgan fingerprint density at radius 1 is 1.03 bits per heavy atom. The van der Waals surface area contributed by atoms with E-state index < -0.39 is 23.7 Å². The predicted molar refractivity (Wildman–Crippen MR) is 102 cm³/mol. The van der Waals surface area contributed by atoms with Crippen molar-refractivity contribution in [2.45, 2.75) is 32.0 Å². The molecular formula is C20H27F3N4O2. The van der Waals surface area contributed by atoms with Crippen molar-refractivity contribution in [3.8, 4) is 0 Å². The number of carbonyl (C=O) groups excluding carboxylic acids is 2. The maximum absolute atomic E-state index is 14.0. The van der Waals surface area contributed by atoms with Crippen LogP contribution in [-0.4, -0.2) is 72.2 Å². The van der Waals surface area contributed by atoms with Gasteiger partial charge in [0, 0.05) is 26.2 Å². The molecule has 2 heterocycles. The summed E-state index contributed by atoms with van der Waals surface area (Å²) in [5.74, 6) is -0.670. The van der Waals surface area contributed by atoms with Gasteiger partial charge in [-0.25, -0.2) is 9.69 Å². The summed E-state index contributed by atoms with van der Waals surface area (Å²) >= 11 is 0. The summed E-state index contributed by atoms with van der Waals surface area (Å²) in [4.78, 5) is 30.1. The molecule has 29 heavy (non-hydrogen) atoms. The zero-order valence-corrected chi connectivity index (χ0v) is 16.7. The van der Waals surface area contributed by atoms with Gasteiger partial charge in [-0.2, -0.15) is 13.2 Å². The highest BCUT2D eigenvalue weighted by Crippen LogP contribution is 2.43. The van der Waals surface area contributed by atoms with Crippen LogP contribution in [0.2, 0.25) is 0 Å². The zero-order valence-electron chi connectivity index (χ0n) is 16.7. The summed E-state index contributed by atoms with van der Waals surface area (Å²) < 4.78 is 42.0. The Bertz CT molecular complexity index is 733. The number of nitrogens with one attached hydrogen (secondary N) is 1. The number of carbonyl (C=O) groups is 2. The van der Waals surface area contributed by atoms with Crippen molar-refractivity contribution in [2.24, 2.45) is 5.92 Å². The minimum atomic E-state index is -4.95. The van der Waals surface area contributed by atoms with Crippen LogP contribution in [-0.2, 0) is 10.3 Å². The molecule has 0 aromatic heterocycles. The fourth-order valence-electron chi connectivity index (χ4n) is 3.74. The molecule has 1 N–H and O–H groups in total. The summed E-state index contributed by atoms with van der Waals surface area (Å²) in [6, 6.07) is 5.80. The third-order valence-electron chi connectivity index (χ3n) is 5.57. The number of rotatable bonds is 6. The van der Waals surface area contributed by atoms with Crippen molar-refractivity contribution < 1.29 is 22.8 Å². The molecule has 0 saturated carbocycles. The first kappa shape index (κ1) is 21.6. The molecular weight excluding hydrogens is 385 g/mol. The van der Waals surface area contributed by atoms with Crippen LogP contribution in [0.5, 0.6) is 0 Å². The second kappa shape index (κ2) is 8.31. The van der Waals surface area contributed by atoms with Crippen molar-refractivity contribution >= 4 is 11.9 Å². The van der Waals surface area contributed by atoms with E-state index in [1.54, 1.807) is 6.07 Å². The van der Waals surface area contributed by atoms with Crippen LogP contribution in [0, 0.1) is 5.92 Å². The highest BCUT2D eigenvalue weighted by molar-refractivity contribution is 6.08. The van der Waals surface area contributed by atoms with Crippen molar-refractivity contribution in [1.82, 2.24) is 20.0 Å². The van der Waals surface area contributed by atoms with Gasteiger partial charge in [-0.3, -0.25) is 9.69 Å². The van der Waals surface area contributed by atoms with Gasteiger partial charge < -0.3 is 10.2 Å². The van der Waals surface area contributed by atoms with Gasteiger partial charge in [0.25, 0.3) is 5.91 Å². The normalized spacial score (nSPS) is 24.4. The molecule has 1 aromatic rings. The van der Waals surface area contributed by atoms with E-state index in [0.29, 0.717) is 23.9 Å². The molecule has 1 atom stereocenters. The van der Waals surface area contributed by atoms with E-state index in [-0.39, 0.29) is 12.2 Å². The lowest BCUT2D eigenvalue weighted by molar-refractivity contribution is -0.198. The molecule has 2 aliphatic heterocycles. The topological polar surface area (TPSA) is 55.9 Å². The Labute approximate surface area is 168 Å². The van der Waals surface area contributed by atoms with Gasteiger partial charge in [0.15, 0.2) is 0 Å². The first-order chi connectivity index (χ1) is 13.6. The van der Waals surface area contributed by atoms with Crippen molar-refractivity contribution in [3.05, 3.63) is 35.9 Å². The third-order valence-corrected chi connectivity index (χ3v) is 5.57. The zero-order chi connectivity index (χ0) is 21.2. The largest absolute Gasteiger partial charge is 0.425 e. The maximum atomic E-state index is 14.0. The smallest absolute Gasteiger partial charge is 0.312 e. The molecule has 0 spiro atoms. The Hall–Kier alpha value is -2.13. The molecule has 1 aromatic carbocycles. The molecule has 1 unspecified atom stereocenters. The standard InChI is InChI=1S/C20H27F3N4O2/c1-15(2)8-9-25-10-12-26(13-11-25)14-27-17(28)19(20(21,22)23,24-18(27)29)16-6-4-3-5-7-16/h3-7,15H,8-14H2,1-2H3,(H,24,29). The van der Waals surface area contributed by atoms with Crippen LogP contribution in [0.1, 0.15) is 25.8 Å². The van der Waals surface area contributed by atoms with E-state index >= 15 is 0 Å². The average Bonchev–Trinajstić information content (AvgIpc) is 2.93. The van der Waals surface area contributed by atoms with Crippen molar-refractivity contribution in [2.75, 3.05) is 39.4 Å². The number of alkyl halides is 3. The number of nitrogens with zero attached hydrogens (tertiary/aromatic N) is 3. The molecule has 3 rings (SSSR count). The quantitative estimate of drug-likeness (QED) is 0.730. The molecule has 160 valence electrons. The Morgan fingerprint density at radius 2 is 1.62 bits per heavy atom. The van der Waals surface area contributed by atoms with Gasteiger partial charge in [-0.1, -0.05) is 44.2 Å². The van der Waals surface area contributed by atoms with Gasteiger partial charge in [-0.05, 0) is 24.4 Å². The van der Waals surface area contributed by atoms with E-state index in [0.717, 1.165) is 26.1 Å². The van der Waals surface area contributed by atoms with Gasteiger partial charge in [0.1, 0.15) is 0 Å².